The van der Waals surface area contributed by atoms with E-state index in [0.29, 0.717) is 24.0 Å². The Labute approximate surface area is 184 Å². The second-order valence-electron chi connectivity index (χ2n) is 7.68. The van der Waals surface area contributed by atoms with Crippen molar-refractivity contribution in [2.75, 3.05) is 13.1 Å². The molecule has 0 unspecified atom stereocenters. The number of carbonyl (C=O) groups excluding carboxylic acids is 1. The molecule has 0 saturated carbocycles. The SMILES string of the molecule is O=C(CCn1cnc2ccc(Br)cc2c1=O)NCc1ccccc1CN1CCCC1. The smallest absolute Gasteiger partial charge is 0.261 e. The number of halogens is 1. The van der Waals surface area contributed by atoms with Gasteiger partial charge in [-0.2, -0.15) is 0 Å². The molecule has 30 heavy (non-hydrogen) atoms. The van der Waals surface area contributed by atoms with Crippen LogP contribution in [0.5, 0.6) is 0 Å². The standard InChI is InChI=1S/C23H25BrN4O2/c24-19-7-8-21-20(13-19)23(30)28(16-26-21)12-9-22(29)25-14-17-5-1-2-6-18(17)15-27-10-3-4-11-27/h1-2,5-8,13,16H,3-4,9-12,14-15H2,(H,25,29). The van der Waals surface area contributed by atoms with Crippen molar-refractivity contribution in [3.05, 3.63) is 74.7 Å². The van der Waals surface area contributed by atoms with Gasteiger partial charge in [-0.1, -0.05) is 40.2 Å². The molecule has 0 bridgehead atoms. The fourth-order valence-electron chi connectivity index (χ4n) is 3.86. The summed E-state index contributed by atoms with van der Waals surface area (Å²) in [5, 5.41) is 3.54. The zero-order valence-electron chi connectivity index (χ0n) is 16.8. The van der Waals surface area contributed by atoms with Crippen LogP contribution in [0.2, 0.25) is 0 Å². The Bertz CT molecular complexity index is 1110. The Morgan fingerprint density at radius 1 is 1.10 bits per heavy atom. The lowest BCUT2D eigenvalue weighted by Crippen LogP contribution is -2.28. The van der Waals surface area contributed by atoms with Crippen LogP contribution < -0.4 is 10.9 Å². The molecule has 2 heterocycles. The van der Waals surface area contributed by atoms with Gasteiger partial charge in [0.1, 0.15) is 0 Å². The summed E-state index contributed by atoms with van der Waals surface area (Å²) in [7, 11) is 0. The molecule has 3 aromatic rings. The lowest BCUT2D eigenvalue weighted by molar-refractivity contribution is -0.121. The lowest BCUT2D eigenvalue weighted by Gasteiger charge is -2.17. The first-order valence-electron chi connectivity index (χ1n) is 10.3. The van der Waals surface area contributed by atoms with Crippen LogP contribution in [0.1, 0.15) is 30.4 Å². The molecule has 0 radical (unpaired) electrons. The van der Waals surface area contributed by atoms with E-state index < -0.39 is 0 Å². The Hall–Kier alpha value is -2.51. The van der Waals surface area contributed by atoms with E-state index >= 15 is 0 Å². The molecule has 1 amide bonds. The Balaban J connectivity index is 1.35. The van der Waals surface area contributed by atoms with E-state index in [1.54, 1.807) is 12.1 Å². The van der Waals surface area contributed by atoms with E-state index in [9.17, 15) is 9.59 Å². The zero-order chi connectivity index (χ0) is 20.9. The van der Waals surface area contributed by atoms with Gasteiger partial charge in [0.05, 0.1) is 17.2 Å². The topological polar surface area (TPSA) is 67.2 Å². The van der Waals surface area contributed by atoms with E-state index in [1.165, 1.54) is 29.3 Å². The van der Waals surface area contributed by atoms with Crippen molar-refractivity contribution in [1.29, 1.82) is 0 Å². The van der Waals surface area contributed by atoms with Crippen molar-refractivity contribution < 1.29 is 4.79 Å². The van der Waals surface area contributed by atoms with E-state index in [-0.39, 0.29) is 17.9 Å². The van der Waals surface area contributed by atoms with Gasteiger partial charge >= 0.3 is 0 Å². The molecule has 6 nitrogen and oxygen atoms in total. The third-order valence-corrected chi connectivity index (χ3v) is 6.05. The van der Waals surface area contributed by atoms with Gasteiger partial charge in [0.25, 0.3) is 5.56 Å². The van der Waals surface area contributed by atoms with E-state index in [0.717, 1.165) is 29.7 Å². The summed E-state index contributed by atoms with van der Waals surface area (Å²) < 4.78 is 2.33. The minimum absolute atomic E-state index is 0.0767. The van der Waals surface area contributed by atoms with Crippen LogP contribution in [0.25, 0.3) is 10.9 Å². The molecule has 2 aromatic carbocycles. The van der Waals surface area contributed by atoms with E-state index in [1.807, 2.05) is 18.2 Å². The van der Waals surface area contributed by atoms with Crippen LogP contribution in [0.3, 0.4) is 0 Å². The number of benzene rings is 2. The maximum Gasteiger partial charge on any atom is 0.261 e. The fourth-order valence-corrected chi connectivity index (χ4v) is 4.22. The quantitative estimate of drug-likeness (QED) is 0.576. The molecule has 7 heteroatoms. The van der Waals surface area contributed by atoms with Crippen molar-refractivity contribution in [3.63, 3.8) is 0 Å². The summed E-state index contributed by atoms with van der Waals surface area (Å²) in [6, 6.07) is 13.7. The molecule has 4 rings (SSSR count). The van der Waals surface area contributed by atoms with Crippen molar-refractivity contribution >= 4 is 32.7 Å². The maximum absolute atomic E-state index is 12.6. The van der Waals surface area contributed by atoms with E-state index in [2.05, 4.69) is 43.3 Å². The fraction of sp³-hybridized carbons (Fsp3) is 0.348. The molecule has 1 N–H and O–H groups in total. The largest absolute Gasteiger partial charge is 0.352 e. The molecule has 1 saturated heterocycles. The van der Waals surface area contributed by atoms with Crippen LogP contribution in [-0.2, 0) is 24.4 Å². The first kappa shape index (κ1) is 20.8. The van der Waals surface area contributed by atoms with Crippen LogP contribution in [0.15, 0.2) is 58.1 Å². The van der Waals surface area contributed by atoms with Crippen molar-refractivity contribution in [2.45, 2.75) is 38.9 Å². The van der Waals surface area contributed by atoms with E-state index in [4.69, 9.17) is 0 Å². The molecular weight excluding hydrogens is 444 g/mol. The predicted octanol–water partition coefficient (Wildman–Crippen LogP) is 3.46. The summed E-state index contributed by atoms with van der Waals surface area (Å²) in [5.41, 5.74) is 2.93. The summed E-state index contributed by atoms with van der Waals surface area (Å²) in [6.07, 6.45) is 4.27. The number of aromatic nitrogens is 2. The molecule has 156 valence electrons. The number of hydrogen-bond donors (Lipinski definition) is 1. The predicted molar refractivity (Wildman–Crippen MR) is 121 cm³/mol. The number of amides is 1. The van der Waals surface area contributed by atoms with Gasteiger partial charge in [0, 0.05) is 30.5 Å². The second kappa shape index (κ2) is 9.53. The second-order valence-corrected chi connectivity index (χ2v) is 8.60. The average molecular weight is 469 g/mol. The molecule has 0 aliphatic carbocycles. The van der Waals surface area contributed by atoms with Crippen molar-refractivity contribution in [2.24, 2.45) is 0 Å². The number of rotatable bonds is 7. The number of aryl methyl sites for hydroxylation is 1. The number of nitrogens with one attached hydrogen (secondary N) is 1. The van der Waals surface area contributed by atoms with Gasteiger partial charge in [-0.15, -0.1) is 0 Å². The third kappa shape index (κ3) is 4.96. The highest BCUT2D eigenvalue weighted by atomic mass is 79.9. The van der Waals surface area contributed by atoms with Gasteiger partial charge in [-0.05, 0) is 55.3 Å². The summed E-state index contributed by atoms with van der Waals surface area (Å²) in [5.74, 6) is -0.0767. The monoisotopic (exact) mass is 468 g/mol. The summed E-state index contributed by atoms with van der Waals surface area (Å²) in [6.45, 7) is 4.02. The van der Waals surface area contributed by atoms with Gasteiger partial charge in [-0.3, -0.25) is 19.1 Å². The molecular formula is C23H25BrN4O2. The highest BCUT2D eigenvalue weighted by molar-refractivity contribution is 9.10. The molecule has 0 atom stereocenters. The Morgan fingerprint density at radius 3 is 2.67 bits per heavy atom. The third-order valence-electron chi connectivity index (χ3n) is 5.55. The Morgan fingerprint density at radius 2 is 1.87 bits per heavy atom. The van der Waals surface area contributed by atoms with Gasteiger partial charge in [0.15, 0.2) is 0 Å². The minimum atomic E-state index is -0.134. The molecule has 1 fully saturated rings. The minimum Gasteiger partial charge on any atom is -0.352 e. The molecule has 1 aliphatic heterocycles. The summed E-state index contributed by atoms with van der Waals surface area (Å²) >= 11 is 3.39. The molecule has 1 aliphatic rings. The van der Waals surface area contributed by atoms with Crippen LogP contribution in [-0.4, -0.2) is 33.4 Å². The molecule has 1 aromatic heterocycles. The van der Waals surface area contributed by atoms with Crippen LogP contribution in [0.4, 0.5) is 0 Å². The van der Waals surface area contributed by atoms with Gasteiger partial charge in [0.2, 0.25) is 5.91 Å². The molecule has 0 spiro atoms. The van der Waals surface area contributed by atoms with Crippen molar-refractivity contribution in [3.8, 4) is 0 Å². The number of carbonyl (C=O) groups is 1. The lowest BCUT2D eigenvalue weighted by atomic mass is 10.1. The number of nitrogens with zero attached hydrogens (tertiary/aromatic N) is 3. The zero-order valence-corrected chi connectivity index (χ0v) is 18.4. The normalized spacial score (nSPS) is 14.3. The van der Waals surface area contributed by atoms with Crippen LogP contribution >= 0.6 is 15.9 Å². The van der Waals surface area contributed by atoms with Crippen molar-refractivity contribution in [1.82, 2.24) is 19.8 Å². The highest BCUT2D eigenvalue weighted by Gasteiger charge is 2.14. The van der Waals surface area contributed by atoms with Crippen LogP contribution in [0, 0.1) is 0 Å². The number of fused-ring (bicyclic) bond motifs is 1. The number of hydrogen-bond acceptors (Lipinski definition) is 4. The van der Waals surface area contributed by atoms with Gasteiger partial charge < -0.3 is 5.32 Å². The average Bonchev–Trinajstić information content (AvgIpc) is 3.26. The van der Waals surface area contributed by atoms with Gasteiger partial charge in [-0.25, -0.2) is 4.98 Å². The highest BCUT2D eigenvalue weighted by Crippen LogP contribution is 2.16. The maximum atomic E-state index is 12.6. The summed E-state index contributed by atoms with van der Waals surface area (Å²) in [4.78, 5) is 31.8. The number of likely N-dealkylation sites (tertiary alicyclic amines) is 1. The Kier molecular flexibility index (Phi) is 6.59. The first-order valence-corrected chi connectivity index (χ1v) is 11.1. The first-order chi connectivity index (χ1) is 14.6.